The lowest BCUT2D eigenvalue weighted by molar-refractivity contribution is -0.142. The molecule has 0 radical (unpaired) electrons. The molecule has 0 fully saturated rings. The Morgan fingerprint density at radius 1 is 1.10 bits per heavy atom. The van der Waals surface area contributed by atoms with E-state index in [1.54, 1.807) is 6.92 Å². The third-order valence-electron chi connectivity index (χ3n) is 2.96. The van der Waals surface area contributed by atoms with Gasteiger partial charge < -0.3 is 15.4 Å². The van der Waals surface area contributed by atoms with Gasteiger partial charge in [0.1, 0.15) is 0 Å². The van der Waals surface area contributed by atoms with Gasteiger partial charge in [0.05, 0.1) is 18.7 Å². The molecule has 0 aliphatic carbocycles. The highest BCUT2D eigenvalue weighted by molar-refractivity contribution is 6.01. The first kappa shape index (κ1) is 14.8. The molecular formula is C16H18N2O3. The summed E-state index contributed by atoms with van der Waals surface area (Å²) in [6.07, 6.45) is 0.163. The molecule has 5 nitrogen and oxygen atoms in total. The van der Waals surface area contributed by atoms with Gasteiger partial charge in [0.2, 0.25) is 0 Å². The third kappa shape index (κ3) is 4.21. The van der Waals surface area contributed by atoms with E-state index in [1.165, 1.54) is 0 Å². The van der Waals surface area contributed by atoms with E-state index in [0.717, 1.165) is 16.5 Å². The molecule has 0 aromatic heterocycles. The second-order valence-corrected chi connectivity index (χ2v) is 4.46. The predicted molar refractivity (Wildman–Crippen MR) is 82.2 cm³/mol. The minimum Gasteiger partial charge on any atom is -0.466 e. The van der Waals surface area contributed by atoms with Crippen molar-refractivity contribution in [1.29, 1.82) is 0 Å². The first-order valence-corrected chi connectivity index (χ1v) is 6.89. The summed E-state index contributed by atoms with van der Waals surface area (Å²) in [5.74, 6) is -0.317. The van der Waals surface area contributed by atoms with E-state index in [-0.39, 0.29) is 25.0 Å². The summed E-state index contributed by atoms with van der Waals surface area (Å²) in [4.78, 5) is 23.0. The molecule has 0 atom stereocenters. The van der Waals surface area contributed by atoms with Crippen molar-refractivity contribution in [3.8, 4) is 0 Å². The molecule has 2 amide bonds. The van der Waals surface area contributed by atoms with Gasteiger partial charge in [0.25, 0.3) is 0 Å². The average molecular weight is 286 g/mol. The quantitative estimate of drug-likeness (QED) is 0.830. The van der Waals surface area contributed by atoms with Crippen LogP contribution in [0, 0.1) is 0 Å². The molecule has 0 aliphatic rings. The van der Waals surface area contributed by atoms with E-state index in [9.17, 15) is 9.59 Å². The second-order valence-electron chi connectivity index (χ2n) is 4.46. The number of rotatable bonds is 5. The fourth-order valence-corrected chi connectivity index (χ4v) is 2.01. The fraction of sp³-hybridized carbons (Fsp3) is 0.250. The van der Waals surface area contributed by atoms with Gasteiger partial charge in [-0.15, -0.1) is 0 Å². The Hall–Kier alpha value is -2.56. The van der Waals surface area contributed by atoms with Crippen LogP contribution in [-0.4, -0.2) is 25.2 Å². The third-order valence-corrected chi connectivity index (χ3v) is 2.96. The van der Waals surface area contributed by atoms with E-state index in [0.29, 0.717) is 6.61 Å². The minimum absolute atomic E-state index is 0.163. The summed E-state index contributed by atoms with van der Waals surface area (Å²) in [5.41, 5.74) is 0.738. The lowest BCUT2D eigenvalue weighted by Crippen LogP contribution is -2.30. The minimum atomic E-state index is -0.337. The monoisotopic (exact) mass is 286 g/mol. The predicted octanol–water partition coefficient (Wildman–Crippen LogP) is 2.91. The lowest BCUT2D eigenvalue weighted by Gasteiger charge is -2.10. The summed E-state index contributed by atoms with van der Waals surface area (Å²) in [7, 11) is 0. The molecule has 0 heterocycles. The van der Waals surface area contributed by atoms with Crippen molar-refractivity contribution in [2.45, 2.75) is 13.3 Å². The number of anilines is 1. The molecule has 110 valence electrons. The van der Waals surface area contributed by atoms with E-state index in [1.807, 2.05) is 42.5 Å². The first-order valence-electron chi connectivity index (χ1n) is 6.89. The number of nitrogens with one attached hydrogen (secondary N) is 2. The highest BCUT2D eigenvalue weighted by Gasteiger charge is 2.06. The van der Waals surface area contributed by atoms with Crippen molar-refractivity contribution < 1.29 is 14.3 Å². The van der Waals surface area contributed by atoms with Crippen LogP contribution >= 0.6 is 0 Å². The zero-order valence-electron chi connectivity index (χ0n) is 11.9. The van der Waals surface area contributed by atoms with Crippen LogP contribution in [0.5, 0.6) is 0 Å². The number of benzene rings is 2. The SMILES string of the molecule is CCOC(=O)CCNC(=O)Nc1cccc2ccccc12. The van der Waals surface area contributed by atoms with Crippen molar-refractivity contribution in [3.05, 3.63) is 42.5 Å². The molecule has 21 heavy (non-hydrogen) atoms. The molecule has 0 aliphatic heterocycles. The van der Waals surface area contributed by atoms with Crippen LogP contribution in [0.3, 0.4) is 0 Å². The van der Waals surface area contributed by atoms with E-state index in [2.05, 4.69) is 10.6 Å². The number of urea groups is 1. The largest absolute Gasteiger partial charge is 0.466 e. The Kier molecular flexibility index (Phi) is 5.15. The van der Waals surface area contributed by atoms with Crippen LogP contribution in [0.1, 0.15) is 13.3 Å². The maximum Gasteiger partial charge on any atom is 0.319 e. The highest BCUT2D eigenvalue weighted by Crippen LogP contribution is 2.22. The normalized spacial score (nSPS) is 10.1. The van der Waals surface area contributed by atoms with Gasteiger partial charge in [-0.25, -0.2) is 4.79 Å². The molecule has 5 heteroatoms. The number of amides is 2. The van der Waals surface area contributed by atoms with Crippen LogP contribution in [-0.2, 0) is 9.53 Å². The average Bonchev–Trinajstić information content (AvgIpc) is 2.48. The zero-order chi connectivity index (χ0) is 15.1. The lowest BCUT2D eigenvalue weighted by atomic mass is 10.1. The number of fused-ring (bicyclic) bond motifs is 1. The molecule has 0 saturated carbocycles. The van der Waals surface area contributed by atoms with E-state index < -0.39 is 0 Å². The van der Waals surface area contributed by atoms with Gasteiger partial charge in [-0.3, -0.25) is 4.79 Å². The molecule has 0 bridgehead atoms. The Balaban J connectivity index is 1.91. The summed E-state index contributed by atoms with van der Waals surface area (Å²) in [6, 6.07) is 13.2. The number of carbonyl (C=O) groups is 2. The highest BCUT2D eigenvalue weighted by atomic mass is 16.5. The Labute approximate surface area is 123 Å². The van der Waals surface area contributed by atoms with Crippen LogP contribution < -0.4 is 10.6 Å². The molecule has 2 N–H and O–H groups in total. The second kappa shape index (κ2) is 7.28. The number of ether oxygens (including phenoxy) is 1. The van der Waals surface area contributed by atoms with E-state index in [4.69, 9.17) is 4.74 Å². The van der Waals surface area contributed by atoms with Crippen molar-refractivity contribution in [3.63, 3.8) is 0 Å². The molecule has 0 spiro atoms. The maximum atomic E-state index is 11.8. The van der Waals surface area contributed by atoms with E-state index >= 15 is 0 Å². The van der Waals surface area contributed by atoms with Crippen molar-refractivity contribution in [2.24, 2.45) is 0 Å². The number of hydrogen-bond acceptors (Lipinski definition) is 3. The van der Waals surface area contributed by atoms with Crippen LogP contribution in [0.4, 0.5) is 10.5 Å². The van der Waals surface area contributed by atoms with Crippen LogP contribution in [0.25, 0.3) is 10.8 Å². The van der Waals surface area contributed by atoms with Crippen LogP contribution in [0.2, 0.25) is 0 Å². The molecule has 2 aromatic rings. The van der Waals surface area contributed by atoms with Gasteiger partial charge in [0, 0.05) is 11.9 Å². The first-order chi connectivity index (χ1) is 10.2. The summed E-state index contributed by atoms with van der Waals surface area (Å²) in [6.45, 7) is 2.34. The Bertz CT molecular complexity index is 635. The fourth-order valence-electron chi connectivity index (χ4n) is 2.01. The van der Waals surface area contributed by atoms with Crippen molar-refractivity contribution in [2.75, 3.05) is 18.5 Å². The van der Waals surface area contributed by atoms with Crippen molar-refractivity contribution in [1.82, 2.24) is 5.32 Å². The smallest absolute Gasteiger partial charge is 0.319 e. The number of esters is 1. The van der Waals surface area contributed by atoms with Gasteiger partial charge >= 0.3 is 12.0 Å². The summed E-state index contributed by atoms with van der Waals surface area (Å²) < 4.78 is 4.79. The van der Waals surface area contributed by atoms with Gasteiger partial charge in [-0.1, -0.05) is 36.4 Å². The van der Waals surface area contributed by atoms with Gasteiger partial charge in [-0.05, 0) is 18.4 Å². The Morgan fingerprint density at radius 2 is 1.86 bits per heavy atom. The Morgan fingerprint density at radius 3 is 2.67 bits per heavy atom. The maximum absolute atomic E-state index is 11.8. The summed E-state index contributed by atoms with van der Waals surface area (Å²) >= 11 is 0. The molecule has 0 unspecified atom stereocenters. The molecule has 0 saturated heterocycles. The van der Waals surface area contributed by atoms with Crippen LogP contribution in [0.15, 0.2) is 42.5 Å². The van der Waals surface area contributed by atoms with Crippen molar-refractivity contribution >= 4 is 28.5 Å². The zero-order valence-corrected chi connectivity index (χ0v) is 11.9. The molecular weight excluding hydrogens is 268 g/mol. The molecule has 2 rings (SSSR count). The topological polar surface area (TPSA) is 67.4 Å². The summed E-state index contributed by atoms with van der Waals surface area (Å²) in [5, 5.41) is 7.45. The molecule has 2 aromatic carbocycles. The standard InChI is InChI=1S/C16H18N2O3/c1-2-21-15(19)10-11-17-16(20)18-14-9-5-7-12-6-3-4-8-13(12)14/h3-9H,2,10-11H2,1H3,(H2,17,18,20). The number of carbonyl (C=O) groups excluding carboxylic acids is 2. The number of hydrogen-bond donors (Lipinski definition) is 2. The van der Waals surface area contributed by atoms with Gasteiger partial charge in [0.15, 0.2) is 0 Å². The van der Waals surface area contributed by atoms with Gasteiger partial charge in [-0.2, -0.15) is 0 Å².